The van der Waals surface area contributed by atoms with E-state index in [0.29, 0.717) is 6.04 Å². The molecule has 0 radical (unpaired) electrons. The summed E-state index contributed by atoms with van der Waals surface area (Å²) in [6.07, 6.45) is 5.66. The van der Waals surface area contributed by atoms with Crippen LogP contribution in [0, 0.1) is 0 Å². The normalized spacial score (nSPS) is 17.2. The molecule has 0 atom stereocenters. The van der Waals surface area contributed by atoms with Crippen LogP contribution in [0.3, 0.4) is 0 Å². The number of halogens is 1. The first-order valence-electron chi connectivity index (χ1n) is 6.58. The van der Waals surface area contributed by atoms with E-state index in [9.17, 15) is 4.79 Å². The summed E-state index contributed by atoms with van der Waals surface area (Å²) < 4.78 is 5.19. The molecule has 0 saturated heterocycles. The Morgan fingerprint density at radius 2 is 1.79 bits per heavy atom. The average Bonchev–Trinajstić information content (AvgIpc) is 2.28. The molecule has 1 saturated carbocycles. The summed E-state index contributed by atoms with van der Waals surface area (Å²) in [7, 11) is 0. The molecule has 1 aliphatic rings. The molecule has 6 heteroatoms. The van der Waals surface area contributed by atoms with Gasteiger partial charge in [0, 0.05) is 6.04 Å². The smallest absolute Gasteiger partial charge is 0.407 e. The van der Waals surface area contributed by atoms with Gasteiger partial charge in [-0.25, -0.2) is 4.79 Å². The van der Waals surface area contributed by atoms with E-state index in [-0.39, 0.29) is 11.3 Å². The SMILES string of the molecule is C/C(Cl)=N/O.CC(C)(C)OC(=O)NC1CCCCC1. The van der Waals surface area contributed by atoms with Crippen molar-refractivity contribution in [1.82, 2.24) is 5.32 Å². The summed E-state index contributed by atoms with van der Waals surface area (Å²) >= 11 is 4.96. The summed E-state index contributed by atoms with van der Waals surface area (Å²) in [5.41, 5.74) is -0.390. The van der Waals surface area contributed by atoms with Crippen molar-refractivity contribution in [3.05, 3.63) is 0 Å². The highest BCUT2D eigenvalue weighted by molar-refractivity contribution is 6.64. The molecule has 1 aliphatic carbocycles. The Kier molecular flexibility index (Phi) is 8.56. The van der Waals surface area contributed by atoms with Crippen LogP contribution in [0.15, 0.2) is 5.16 Å². The van der Waals surface area contributed by atoms with Gasteiger partial charge in [0.15, 0.2) is 0 Å². The number of ether oxygens (including phenoxy) is 1. The minimum absolute atomic E-state index is 0.157. The van der Waals surface area contributed by atoms with Crippen LogP contribution in [0.2, 0.25) is 0 Å². The van der Waals surface area contributed by atoms with E-state index in [1.54, 1.807) is 0 Å². The van der Waals surface area contributed by atoms with Crippen molar-refractivity contribution in [3.63, 3.8) is 0 Å². The molecule has 1 rings (SSSR count). The lowest BCUT2D eigenvalue weighted by Gasteiger charge is -2.25. The van der Waals surface area contributed by atoms with Crippen molar-refractivity contribution in [1.29, 1.82) is 0 Å². The number of nitrogens with zero attached hydrogens (tertiary/aromatic N) is 1. The predicted octanol–water partition coefficient (Wildman–Crippen LogP) is 3.88. The molecule has 19 heavy (non-hydrogen) atoms. The van der Waals surface area contributed by atoms with Crippen LogP contribution in [-0.4, -0.2) is 28.1 Å². The van der Waals surface area contributed by atoms with Gasteiger partial charge in [0.05, 0.1) is 0 Å². The van der Waals surface area contributed by atoms with E-state index in [2.05, 4.69) is 10.5 Å². The first kappa shape index (κ1) is 18.0. The molecule has 2 N–H and O–H groups in total. The van der Waals surface area contributed by atoms with E-state index in [1.165, 1.54) is 26.2 Å². The summed E-state index contributed by atoms with van der Waals surface area (Å²) in [6, 6.07) is 0.332. The summed E-state index contributed by atoms with van der Waals surface area (Å²) in [4.78, 5) is 11.4. The van der Waals surface area contributed by atoms with E-state index < -0.39 is 5.60 Å². The third-order valence-electron chi connectivity index (χ3n) is 2.46. The first-order chi connectivity index (χ1) is 8.74. The molecule has 0 unspecified atom stereocenters. The molecular weight excluding hydrogens is 268 g/mol. The quantitative estimate of drug-likeness (QED) is 0.438. The van der Waals surface area contributed by atoms with Crippen LogP contribution >= 0.6 is 11.6 Å². The molecule has 112 valence electrons. The van der Waals surface area contributed by atoms with Gasteiger partial charge in [0.25, 0.3) is 0 Å². The van der Waals surface area contributed by atoms with E-state index in [4.69, 9.17) is 21.5 Å². The predicted molar refractivity (Wildman–Crippen MR) is 77.0 cm³/mol. The number of nitrogens with one attached hydrogen (secondary N) is 1. The fourth-order valence-electron chi connectivity index (χ4n) is 1.72. The van der Waals surface area contributed by atoms with Gasteiger partial charge in [-0.1, -0.05) is 36.0 Å². The molecule has 0 aromatic carbocycles. The largest absolute Gasteiger partial charge is 0.444 e. The van der Waals surface area contributed by atoms with Gasteiger partial charge >= 0.3 is 6.09 Å². The average molecular weight is 293 g/mol. The fraction of sp³-hybridized carbons (Fsp3) is 0.846. The number of hydrogen-bond donors (Lipinski definition) is 2. The zero-order valence-corrected chi connectivity index (χ0v) is 13.0. The summed E-state index contributed by atoms with van der Waals surface area (Å²) in [6.45, 7) is 7.13. The van der Waals surface area contributed by atoms with Crippen molar-refractivity contribution in [2.75, 3.05) is 0 Å². The number of alkyl carbamates (subject to hydrolysis) is 1. The first-order valence-corrected chi connectivity index (χ1v) is 6.96. The van der Waals surface area contributed by atoms with Crippen LogP contribution in [0.1, 0.15) is 59.8 Å². The number of rotatable bonds is 1. The lowest BCUT2D eigenvalue weighted by molar-refractivity contribution is 0.0493. The summed E-state index contributed by atoms with van der Waals surface area (Å²) in [5, 5.41) is 13.2. The standard InChI is InChI=1S/C11H21NO2.C2H4ClNO/c1-11(2,3)14-10(13)12-9-7-5-4-6-8-9;1-2(3)4-5/h9H,4-8H2,1-3H3,(H,12,13);5H,1H3/b;4-2-. The number of carbonyl (C=O) groups is 1. The highest BCUT2D eigenvalue weighted by atomic mass is 35.5. The van der Waals surface area contributed by atoms with Crippen LogP contribution in [0.5, 0.6) is 0 Å². The number of oxime groups is 1. The van der Waals surface area contributed by atoms with Gasteiger partial charge in [0.1, 0.15) is 10.8 Å². The fourth-order valence-corrected chi connectivity index (χ4v) is 1.72. The van der Waals surface area contributed by atoms with E-state index in [1.807, 2.05) is 20.8 Å². The molecule has 5 nitrogen and oxygen atoms in total. The van der Waals surface area contributed by atoms with Crippen LogP contribution in [-0.2, 0) is 4.74 Å². The highest BCUT2D eigenvalue weighted by Gasteiger charge is 2.20. The zero-order chi connectivity index (χ0) is 14.9. The minimum Gasteiger partial charge on any atom is -0.444 e. The van der Waals surface area contributed by atoms with Gasteiger partial charge in [-0.15, -0.1) is 0 Å². The molecular formula is C13H25ClN2O3. The monoisotopic (exact) mass is 292 g/mol. The molecule has 1 fully saturated rings. The van der Waals surface area contributed by atoms with Gasteiger partial charge < -0.3 is 15.3 Å². The van der Waals surface area contributed by atoms with Crippen molar-refractivity contribution < 1.29 is 14.7 Å². The molecule has 0 heterocycles. The Labute approximate surface area is 120 Å². The van der Waals surface area contributed by atoms with Gasteiger partial charge in [0.2, 0.25) is 0 Å². The Morgan fingerprint density at radius 3 is 2.16 bits per heavy atom. The molecule has 0 bridgehead atoms. The molecule has 0 spiro atoms. The van der Waals surface area contributed by atoms with Gasteiger partial charge in [-0.3, -0.25) is 0 Å². The maximum Gasteiger partial charge on any atom is 0.407 e. The van der Waals surface area contributed by atoms with Crippen molar-refractivity contribution >= 4 is 22.9 Å². The molecule has 0 aliphatic heterocycles. The minimum atomic E-state index is -0.390. The second-order valence-corrected chi connectivity index (χ2v) is 6.13. The van der Waals surface area contributed by atoms with Crippen LogP contribution in [0.25, 0.3) is 0 Å². The Hall–Kier alpha value is -0.970. The number of carbonyl (C=O) groups excluding carboxylic acids is 1. The summed E-state index contributed by atoms with van der Waals surface area (Å²) in [5.74, 6) is 0. The van der Waals surface area contributed by atoms with Gasteiger partial charge in [-0.05, 0) is 40.5 Å². The number of hydrogen-bond acceptors (Lipinski definition) is 4. The topological polar surface area (TPSA) is 70.9 Å². The molecule has 1 amide bonds. The Morgan fingerprint density at radius 1 is 1.32 bits per heavy atom. The Bertz CT molecular complexity index is 291. The Balaban J connectivity index is 0.000000555. The van der Waals surface area contributed by atoms with Crippen LogP contribution < -0.4 is 5.32 Å². The third kappa shape index (κ3) is 11.8. The van der Waals surface area contributed by atoms with Crippen LogP contribution in [0.4, 0.5) is 4.79 Å². The molecule has 0 aromatic rings. The van der Waals surface area contributed by atoms with Crippen molar-refractivity contribution in [2.45, 2.75) is 71.4 Å². The molecule has 0 aromatic heterocycles. The number of amides is 1. The lowest BCUT2D eigenvalue weighted by Crippen LogP contribution is -2.39. The zero-order valence-electron chi connectivity index (χ0n) is 12.2. The van der Waals surface area contributed by atoms with E-state index >= 15 is 0 Å². The van der Waals surface area contributed by atoms with Crippen molar-refractivity contribution in [3.8, 4) is 0 Å². The highest BCUT2D eigenvalue weighted by Crippen LogP contribution is 2.18. The second kappa shape index (κ2) is 9.02. The van der Waals surface area contributed by atoms with E-state index in [0.717, 1.165) is 12.8 Å². The lowest BCUT2D eigenvalue weighted by atomic mass is 9.96. The third-order valence-corrected chi connectivity index (χ3v) is 2.54. The maximum absolute atomic E-state index is 11.4. The van der Waals surface area contributed by atoms with Crippen molar-refractivity contribution in [2.24, 2.45) is 5.16 Å². The second-order valence-electron chi connectivity index (χ2n) is 5.58. The maximum atomic E-state index is 11.4. The van der Waals surface area contributed by atoms with Gasteiger partial charge in [-0.2, -0.15) is 0 Å².